The van der Waals surface area contributed by atoms with E-state index in [9.17, 15) is 13.2 Å². The molecule has 3 rings (SSSR count). The normalized spacial score (nSPS) is 22.8. The predicted molar refractivity (Wildman–Crippen MR) is 95.3 cm³/mol. The Labute approximate surface area is 153 Å². The lowest BCUT2D eigenvalue weighted by atomic mass is 9.99. The molecule has 0 spiro atoms. The van der Waals surface area contributed by atoms with Crippen LogP contribution < -0.4 is 0 Å². The zero-order valence-electron chi connectivity index (χ0n) is 14.3. The second-order valence-electron chi connectivity index (χ2n) is 6.66. The maximum absolute atomic E-state index is 12.8. The van der Waals surface area contributed by atoms with Crippen molar-refractivity contribution < 1.29 is 17.9 Å². The number of carbonyl (C=O) groups excluding carboxylic acids is 1. The van der Waals surface area contributed by atoms with Crippen LogP contribution in [-0.4, -0.2) is 62.9 Å². The molecule has 2 heterocycles. The first-order valence-corrected chi connectivity index (χ1v) is 10.4. The molecule has 6 nitrogen and oxygen atoms in total. The van der Waals surface area contributed by atoms with Crippen molar-refractivity contribution in [2.45, 2.75) is 24.7 Å². The molecule has 0 N–H and O–H groups in total. The molecule has 0 saturated carbocycles. The first kappa shape index (κ1) is 18.6. The van der Waals surface area contributed by atoms with Gasteiger partial charge in [0.2, 0.25) is 10.0 Å². The van der Waals surface area contributed by atoms with Crippen molar-refractivity contribution in [1.29, 1.82) is 0 Å². The number of halogens is 1. The van der Waals surface area contributed by atoms with Crippen LogP contribution in [-0.2, 0) is 14.8 Å². The Morgan fingerprint density at radius 1 is 1.24 bits per heavy atom. The fourth-order valence-corrected chi connectivity index (χ4v) is 4.94. The number of nitrogens with zero attached hydrogens (tertiary/aromatic N) is 2. The Kier molecular flexibility index (Phi) is 5.68. The highest BCUT2D eigenvalue weighted by Crippen LogP contribution is 2.26. The Morgan fingerprint density at radius 2 is 1.96 bits per heavy atom. The predicted octanol–water partition coefficient (Wildman–Crippen LogP) is 2.23. The van der Waals surface area contributed by atoms with E-state index in [0.29, 0.717) is 45.3 Å². The van der Waals surface area contributed by atoms with Crippen molar-refractivity contribution in [3.63, 3.8) is 0 Å². The molecule has 1 aromatic rings. The number of piperidine rings is 1. The van der Waals surface area contributed by atoms with Gasteiger partial charge >= 0.3 is 0 Å². The maximum atomic E-state index is 12.8. The lowest BCUT2D eigenvalue weighted by Gasteiger charge is -2.31. The van der Waals surface area contributed by atoms with Crippen LogP contribution in [0, 0.1) is 5.92 Å². The van der Waals surface area contributed by atoms with E-state index >= 15 is 0 Å². The molecule has 2 fully saturated rings. The van der Waals surface area contributed by atoms with Gasteiger partial charge in [0.15, 0.2) is 0 Å². The van der Waals surface area contributed by atoms with Gasteiger partial charge in [-0.15, -0.1) is 0 Å². The average molecular weight is 387 g/mol. The average Bonchev–Trinajstić information content (AvgIpc) is 2.62. The highest BCUT2D eigenvalue weighted by molar-refractivity contribution is 7.89. The molecule has 0 aliphatic carbocycles. The van der Waals surface area contributed by atoms with Crippen molar-refractivity contribution in [2.24, 2.45) is 5.92 Å². The third kappa shape index (κ3) is 4.00. The summed E-state index contributed by atoms with van der Waals surface area (Å²) in [4.78, 5) is 14.7. The van der Waals surface area contributed by atoms with Crippen molar-refractivity contribution >= 4 is 27.5 Å². The molecule has 0 radical (unpaired) electrons. The summed E-state index contributed by atoms with van der Waals surface area (Å²) in [5, 5.41) is 0.282. The highest BCUT2D eigenvalue weighted by Gasteiger charge is 2.29. The van der Waals surface area contributed by atoms with Gasteiger partial charge in [0.1, 0.15) is 0 Å². The molecule has 2 aliphatic heterocycles. The molecule has 138 valence electrons. The van der Waals surface area contributed by atoms with Crippen LogP contribution in [0.1, 0.15) is 30.1 Å². The van der Waals surface area contributed by atoms with E-state index < -0.39 is 10.0 Å². The van der Waals surface area contributed by atoms with Crippen molar-refractivity contribution in [3.05, 3.63) is 28.8 Å². The fraction of sp³-hybridized carbons (Fsp3) is 0.588. The van der Waals surface area contributed by atoms with E-state index in [2.05, 4.69) is 6.92 Å². The number of likely N-dealkylation sites (tertiary alicyclic amines) is 1. The Bertz CT molecular complexity index is 747. The van der Waals surface area contributed by atoms with E-state index in [4.69, 9.17) is 16.3 Å². The van der Waals surface area contributed by atoms with E-state index in [1.807, 2.05) is 0 Å². The van der Waals surface area contributed by atoms with Gasteiger partial charge in [-0.1, -0.05) is 18.5 Å². The molecular formula is C17H23ClN2O4S. The Morgan fingerprint density at radius 3 is 2.64 bits per heavy atom. The van der Waals surface area contributed by atoms with Crippen LogP contribution in [0.2, 0.25) is 5.02 Å². The quantitative estimate of drug-likeness (QED) is 0.799. The second kappa shape index (κ2) is 7.61. The summed E-state index contributed by atoms with van der Waals surface area (Å²) in [6.45, 7) is 4.86. The van der Waals surface area contributed by atoms with Crippen LogP contribution in [0.5, 0.6) is 0 Å². The smallest absolute Gasteiger partial charge is 0.255 e. The van der Waals surface area contributed by atoms with Crippen LogP contribution >= 0.6 is 11.6 Å². The molecule has 1 amide bonds. The summed E-state index contributed by atoms with van der Waals surface area (Å²) < 4.78 is 32.2. The third-order valence-electron chi connectivity index (χ3n) is 4.72. The van der Waals surface area contributed by atoms with Gasteiger partial charge in [0, 0.05) is 26.2 Å². The van der Waals surface area contributed by atoms with Gasteiger partial charge in [-0.2, -0.15) is 4.31 Å². The molecule has 25 heavy (non-hydrogen) atoms. The van der Waals surface area contributed by atoms with Gasteiger partial charge in [-0.3, -0.25) is 4.79 Å². The standard InChI is InChI=1S/C17H23ClN2O4S/c1-13-3-2-6-19(12-13)17(21)15-11-14(4-5-16(15)18)25(22,23)20-7-9-24-10-8-20/h4-5,11,13H,2-3,6-10,12H2,1H3/t13-/m1/s1. The minimum atomic E-state index is -3.65. The Hall–Kier alpha value is -1.15. The van der Waals surface area contributed by atoms with Gasteiger partial charge in [0.25, 0.3) is 5.91 Å². The zero-order chi connectivity index (χ0) is 18.0. The summed E-state index contributed by atoms with van der Waals surface area (Å²) in [5.74, 6) is 0.243. The first-order chi connectivity index (χ1) is 11.9. The lowest BCUT2D eigenvalue weighted by Crippen LogP contribution is -2.41. The minimum Gasteiger partial charge on any atom is -0.379 e. The molecule has 2 aliphatic rings. The number of morpholine rings is 1. The number of rotatable bonds is 3. The van der Waals surface area contributed by atoms with Crippen LogP contribution in [0.4, 0.5) is 0 Å². The number of amides is 1. The van der Waals surface area contributed by atoms with E-state index in [1.54, 1.807) is 4.90 Å². The molecule has 2 saturated heterocycles. The topological polar surface area (TPSA) is 66.9 Å². The number of sulfonamides is 1. The molecule has 1 atom stereocenters. The number of carbonyl (C=O) groups is 1. The first-order valence-electron chi connectivity index (χ1n) is 8.56. The van der Waals surface area contributed by atoms with Crippen LogP contribution in [0.25, 0.3) is 0 Å². The zero-order valence-corrected chi connectivity index (χ0v) is 15.9. The number of ether oxygens (including phenoxy) is 1. The summed E-state index contributed by atoms with van der Waals surface area (Å²) in [6.07, 6.45) is 2.05. The molecule has 0 aromatic heterocycles. The minimum absolute atomic E-state index is 0.104. The van der Waals surface area contributed by atoms with Gasteiger partial charge in [-0.05, 0) is 37.0 Å². The SMILES string of the molecule is C[C@@H]1CCCN(C(=O)c2cc(S(=O)(=O)N3CCOCC3)ccc2Cl)C1. The number of hydrogen-bond donors (Lipinski definition) is 0. The van der Waals surface area contributed by atoms with Crippen LogP contribution in [0.3, 0.4) is 0 Å². The largest absolute Gasteiger partial charge is 0.379 e. The monoisotopic (exact) mass is 386 g/mol. The van der Waals surface area contributed by atoms with E-state index in [-0.39, 0.29) is 21.4 Å². The van der Waals surface area contributed by atoms with Gasteiger partial charge in [-0.25, -0.2) is 8.42 Å². The molecule has 1 aromatic carbocycles. The lowest BCUT2D eigenvalue weighted by molar-refractivity contribution is 0.0682. The summed E-state index contributed by atoms with van der Waals surface area (Å²) in [6, 6.07) is 4.37. The van der Waals surface area contributed by atoms with Crippen LogP contribution in [0.15, 0.2) is 23.1 Å². The van der Waals surface area contributed by atoms with Gasteiger partial charge in [0.05, 0.1) is 28.7 Å². The highest BCUT2D eigenvalue weighted by atomic mass is 35.5. The van der Waals surface area contributed by atoms with E-state index in [0.717, 1.165) is 12.8 Å². The molecule has 8 heteroatoms. The summed E-state index contributed by atoms with van der Waals surface area (Å²) in [7, 11) is -3.65. The fourth-order valence-electron chi connectivity index (χ4n) is 3.31. The van der Waals surface area contributed by atoms with Crippen molar-refractivity contribution in [1.82, 2.24) is 9.21 Å². The van der Waals surface area contributed by atoms with E-state index in [1.165, 1.54) is 22.5 Å². The number of benzene rings is 1. The van der Waals surface area contributed by atoms with Crippen molar-refractivity contribution in [3.8, 4) is 0 Å². The maximum Gasteiger partial charge on any atom is 0.255 e. The second-order valence-corrected chi connectivity index (χ2v) is 9.00. The Balaban J connectivity index is 1.88. The molecular weight excluding hydrogens is 364 g/mol. The third-order valence-corrected chi connectivity index (χ3v) is 6.94. The number of hydrogen-bond acceptors (Lipinski definition) is 4. The molecule has 0 unspecified atom stereocenters. The van der Waals surface area contributed by atoms with Gasteiger partial charge < -0.3 is 9.64 Å². The summed E-state index contributed by atoms with van der Waals surface area (Å²) >= 11 is 6.21. The summed E-state index contributed by atoms with van der Waals surface area (Å²) in [5.41, 5.74) is 0.255. The molecule has 0 bridgehead atoms. The van der Waals surface area contributed by atoms with Crippen molar-refractivity contribution in [2.75, 3.05) is 39.4 Å².